The molecule has 0 fully saturated rings. The maximum Gasteiger partial charge on any atom is 0.315 e. The van der Waals surface area contributed by atoms with Crippen molar-refractivity contribution in [3.8, 4) is 5.75 Å². The molecule has 120 valence electrons. The molecule has 1 rings (SSSR count). The number of aliphatic imine (C=N–C) groups is 1. The molecule has 0 saturated heterocycles. The zero-order valence-corrected chi connectivity index (χ0v) is 14.9. The van der Waals surface area contributed by atoms with E-state index in [1.807, 2.05) is 19.1 Å². The second-order valence-corrected chi connectivity index (χ2v) is 5.17. The minimum atomic E-state index is -0.321. The van der Waals surface area contributed by atoms with Gasteiger partial charge in [0, 0.05) is 24.7 Å². The summed E-state index contributed by atoms with van der Waals surface area (Å²) in [7, 11) is 4.66. The van der Waals surface area contributed by atoms with Crippen LogP contribution in [-0.4, -0.2) is 43.6 Å². The molecule has 0 amide bonds. The van der Waals surface area contributed by atoms with Crippen LogP contribution in [0.3, 0.4) is 0 Å². The van der Waals surface area contributed by atoms with Crippen LogP contribution >= 0.6 is 18.5 Å². The molecule has 2 atom stereocenters. The van der Waals surface area contributed by atoms with Gasteiger partial charge >= 0.3 is 11.9 Å². The van der Waals surface area contributed by atoms with E-state index in [4.69, 9.17) is 9.47 Å². The van der Waals surface area contributed by atoms with Crippen molar-refractivity contribution in [2.75, 3.05) is 25.5 Å². The largest absolute Gasteiger partial charge is 0.465 e. The normalized spacial score (nSPS) is 10.7. The van der Waals surface area contributed by atoms with Crippen LogP contribution in [0.5, 0.6) is 5.75 Å². The average Bonchev–Trinajstić information content (AvgIpc) is 2.54. The number of carbonyl (C=O) groups excluding carboxylic acids is 2. The third-order valence-corrected chi connectivity index (χ3v) is 3.36. The standard InChI is InChI=1S/C15H21NO4P2/c1-2-16-8-12-7-11(5-6-19-14(17)9-21)3-4-13(12)20-15(18)10-22/h3-4,7-8H,2,5-6,9-10,21-22H2,1H3/b16-8+. The van der Waals surface area contributed by atoms with E-state index in [1.54, 1.807) is 12.3 Å². The van der Waals surface area contributed by atoms with Gasteiger partial charge in [-0.3, -0.25) is 14.6 Å². The number of nitrogens with zero attached hydrogens (tertiary/aromatic N) is 1. The quantitative estimate of drug-likeness (QED) is 0.313. The third kappa shape index (κ3) is 6.64. The maximum atomic E-state index is 11.4. The molecule has 0 aliphatic heterocycles. The van der Waals surface area contributed by atoms with Crippen LogP contribution in [0.1, 0.15) is 18.1 Å². The van der Waals surface area contributed by atoms with E-state index in [0.29, 0.717) is 31.5 Å². The lowest BCUT2D eigenvalue weighted by atomic mass is 10.1. The number of ether oxygens (including phenoxy) is 2. The number of rotatable bonds is 8. The van der Waals surface area contributed by atoms with Crippen molar-refractivity contribution in [1.82, 2.24) is 0 Å². The first-order valence-electron chi connectivity index (χ1n) is 6.99. The highest BCUT2D eigenvalue weighted by atomic mass is 31.0. The minimum Gasteiger partial charge on any atom is -0.465 e. The van der Waals surface area contributed by atoms with Crippen molar-refractivity contribution in [2.45, 2.75) is 13.3 Å². The predicted molar refractivity (Wildman–Crippen MR) is 94.0 cm³/mol. The Morgan fingerprint density at radius 3 is 2.59 bits per heavy atom. The molecule has 0 aliphatic rings. The SMILES string of the molecule is CC/N=C/c1cc(CCOC(=O)CP)ccc1OC(=O)CP. The molecule has 22 heavy (non-hydrogen) atoms. The molecule has 0 aliphatic carbocycles. The number of benzene rings is 1. The summed E-state index contributed by atoms with van der Waals surface area (Å²) < 4.78 is 10.3. The number of esters is 2. The van der Waals surface area contributed by atoms with Gasteiger partial charge in [0.2, 0.25) is 0 Å². The molecule has 0 bridgehead atoms. The molecule has 5 nitrogen and oxygen atoms in total. The molecule has 0 heterocycles. The topological polar surface area (TPSA) is 65.0 Å². The van der Waals surface area contributed by atoms with Crippen molar-refractivity contribution in [3.63, 3.8) is 0 Å². The first kappa shape index (κ1) is 18.7. The molecule has 7 heteroatoms. The lowest BCUT2D eigenvalue weighted by Gasteiger charge is -2.09. The van der Waals surface area contributed by atoms with E-state index in [2.05, 4.69) is 23.5 Å². The van der Waals surface area contributed by atoms with Crippen LogP contribution in [0.25, 0.3) is 0 Å². The highest BCUT2D eigenvalue weighted by Gasteiger charge is 2.08. The van der Waals surface area contributed by atoms with E-state index in [9.17, 15) is 9.59 Å². The molecular weight excluding hydrogens is 320 g/mol. The van der Waals surface area contributed by atoms with Crippen molar-refractivity contribution >= 4 is 36.6 Å². The van der Waals surface area contributed by atoms with E-state index >= 15 is 0 Å². The van der Waals surface area contributed by atoms with Gasteiger partial charge in [-0.15, -0.1) is 18.5 Å². The molecular formula is C15H21NO4P2. The maximum absolute atomic E-state index is 11.4. The van der Waals surface area contributed by atoms with Crippen molar-refractivity contribution in [3.05, 3.63) is 29.3 Å². The Bertz CT molecular complexity index is 546. The number of hydrogen-bond donors (Lipinski definition) is 0. The first-order chi connectivity index (χ1) is 10.6. The van der Waals surface area contributed by atoms with E-state index in [0.717, 1.165) is 11.1 Å². The highest BCUT2D eigenvalue weighted by Crippen LogP contribution is 2.20. The zero-order chi connectivity index (χ0) is 16.4. The Hall–Kier alpha value is -1.31. The monoisotopic (exact) mass is 341 g/mol. The summed E-state index contributed by atoms with van der Waals surface area (Å²) in [6, 6.07) is 5.48. The van der Waals surface area contributed by atoms with Crippen LogP contribution < -0.4 is 4.74 Å². The van der Waals surface area contributed by atoms with Gasteiger partial charge in [0.25, 0.3) is 0 Å². The first-order valence-corrected chi connectivity index (χ1v) is 8.63. The van der Waals surface area contributed by atoms with E-state index < -0.39 is 0 Å². The van der Waals surface area contributed by atoms with Gasteiger partial charge < -0.3 is 9.47 Å². The van der Waals surface area contributed by atoms with Crippen LogP contribution in [0.4, 0.5) is 0 Å². The van der Waals surface area contributed by atoms with Gasteiger partial charge in [-0.05, 0) is 24.6 Å². The Balaban J connectivity index is 2.82. The van der Waals surface area contributed by atoms with Crippen LogP contribution in [-0.2, 0) is 20.7 Å². The zero-order valence-electron chi connectivity index (χ0n) is 12.6. The molecule has 2 unspecified atom stereocenters. The van der Waals surface area contributed by atoms with Gasteiger partial charge in [0.1, 0.15) is 5.75 Å². The van der Waals surface area contributed by atoms with Gasteiger partial charge in [0.15, 0.2) is 0 Å². The Labute approximate surface area is 135 Å². The lowest BCUT2D eigenvalue weighted by molar-refractivity contribution is -0.140. The lowest BCUT2D eigenvalue weighted by Crippen LogP contribution is -2.11. The molecule has 0 spiro atoms. The van der Waals surface area contributed by atoms with Gasteiger partial charge in [-0.25, -0.2) is 0 Å². The minimum absolute atomic E-state index is 0.233. The van der Waals surface area contributed by atoms with Crippen LogP contribution in [0.15, 0.2) is 23.2 Å². The molecule has 1 aromatic carbocycles. The Morgan fingerprint density at radius 2 is 1.95 bits per heavy atom. The number of carbonyl (C=O) groups is 2. The fraction of sp³-hybridized carbons (Fsp3) is 0.400. The average molecular weight is 341 g/mol. The van der Waals surface area contributed by atoms with Gasteiger partial charge in [0.05, 0.1) is 18.9 Å². The van der Waals surface area contributed by atoms with Crippen molar-refractivity contribution in [2.24, 2.45) is 4.99 Å². The van der Waals surface area contributed by atoms with E-state index in [-0.39, 0.29) is 18.1 Å². The molecule has 0 aromatic heterocycles. The predicted octanol–water partition coefficient (Wildman–Crippen LogP) is 1.87. The van der Waals surface area contributed by atoms with Crippen molar-refractivity contribution in [1.29, 1.82) is 0 Å². The summed E-state index contributed by atoms with van der Waals surface area (Å²) >= 11 is 0. The van der Waals surface area contributed by atoms with Crippen molar-refractivity contribution < 1.29 is 19.1 Å². The fourth-order valence-electron chi connectivity index (χ4n) is 1.64. The second-order valence-electron chi connectivity index (χ2n) is 4.35. The summed E-state index contributed by atoms with van der Waals surface area (Å²) in [5.74, 6) is -0.0857. The molecule has 0 N–H and O–H groups in total. The molecule has 0 radical (unpaired) electrons. The third-order valence-electron chi connectivity index (χ3n) is 2.70. The molecule has 1 aromatic rings. The summed E-state index contributed by atoms with van der Waals surface area (Å²) in [4.78, 5) is 26.7. The second kappa shape index (κ2) is 10.4. The Kier molecular flexibility index (Phi) is 8.88. The fourth-order valence-corrected chi connectivity index (χ4v) is 1.84. The Morgan fingerprint density at radius 1 is 1.23 bits per heavy atom. The van der Waals surface area contributed by atoms with Crippen LogP contribution in [0, 0.1) is 0 Å². The summed E-state index contributed by atoms with van der Waals surface area (Å²) in [5.41, 5.74) is 1.73. The van der Waals surface area contributed by atoms with Crippen LogP contribution in [0.2, 0.25) is 0 Å². The summed E-state index contributed by atoms with van der Waals surface area (Å²) in [5, 5.41) is 0. The highest BCUT2D eigenvalue weighted by molar-refractivity contribution is 7.18. The summed E-state index contributed by atoms with van der Waals surface area (Å²) in [6.45, 7) is 2.90. The van der Waals surface area contributed by atoms with Gasteiger partial charge in [-0.1, -0.05) is 6.07 Å². The smallest absolute Gasteiger partial charge is 0.315 e. The number of hydrogen-bond acceptors (Lipinski definition) is 5. The molecule has 0 saturated carbocycles. The van der Waals surface area contributed by atoms with E-state index in [1.165, 1.54) is 0 Å². The van der Waals surface area contributed by atoms with Gasteiger partial charge in [-0.2, -0.15) is 0 Å². The summed E-state index contributed by atoms with van der Waals surface area (Å²) in [6.07, 6.45) is 2.81.